The number of ether oxygens (including phenoxy) is 14. The van der Waals surface area contributed by atoms with Gasteiger partial charge in [0, 0.05) is 78.7 Å². The van der Waals surface area contributed by atoms with Crippen LogP contribution in [-0.2, 0) is 85.5 Å². The number of thiocarbonyl (C=S) groups is 1. The lowest BCUT2D eigenvalue weighted by Gasteiger charge is -2.43. The summed E-state index contributed by atoms with van der Waals surface area (Å²) in [5.74, 6) is -6.98. The highest BCUT2D eigenvalue weighted by Gasteiger charge is 2.53. The molecule has 2 saturated heterocycles. The molecule has 4 rings (SSSR count). The SMILES string of the molecule is CCOCCOCCOCCOCCOCCOCCOCCNC(=S)OC1CC[C@@H](C[C@@H](C)[C@@H]2C[C@@H](OC)[C@H](C)/C=C(\C)[C@@H](O)[C@@H](OC)C(=O)[C@H](C)C[C@H](C)/C=C/C=C/C=C(\C)[C@@H](OC)C[C@@H]3CC[C@@H](C)[C@@](O)(O3)C(=O)C(=O)N3CCCC[C@H]3C(=O)O2)C[C@H]1OC. The van der Waals surface area contributed by atoms with Crippen molar-refractivity contribution in [3.05, 3.63) is 47.6 Å². The van der Waals surface area contributed by atoms with Gasteiger partial charge in [-0.1, -0.05) is 71.1 Å². The Labute approximate surface area is 554 Å². The number of fused-ring (bicyclic) bond motifs is 3. The van der Waals surface area contributed by atoms with Crippen molar-refractivity contribution in [3.63, 3.8) is 0 Å². The summed E-state index contributed by atoms with van der Waals surface area (Å²) in [5, 5.41) is 27.3. The van der Waals surface area contributed by atoms with Crippen molar-refractivity contribution in [3.8, 4) is 0 Å². The number of nitrogens with one attached hydrogen (secondary N) is 1. The molecular weight excluding hydrogens is 1210 g/mol. The number of nitrogens with zero attached hydrogens (tertiary/aromatic N) is 1. The lowest BCUT2D eigenvalue weighted by Crippen LogP contribution is -2.61. The number of ketones is 2. The molecule has 0 radical (unpaired) electrons. The molecule has 3 heterocycles. The number of cyclic esters (lactones) is 1. The lowest BCUT2D eigenvalue weighted by atomic mass is 9.78. The zero-order chi connectivity index (χ0) is 67.4. The number of carbonyl (C=O) groups excluding carboxylic acids is 4. The van der Waals surface area contributed by atoms with Gasteiger partial charge in [-0.2, -0.15) is 0 Å². The van der Waals surface area contributed by atoms with E-state index in [1.807, 2.05) is 78.0 Å². The van der Waals surface area contributed by atoms with E-state index in [0.717, 1.165) is 12.0 Å². The smallest absolute Gasteiger partial charge is 0.329 e. The van der Waals surface area contributed by atoms with Crippen LogP contribution in [0.1, 0.15) is 132 Å². The van der Waals surface area contributed by atoms with Crippen molar-refractivity contribution in [2.24, 2.45) is 35.5 Å². The van der Waals surface area contributed by atoms with E-state index in [4.69, 9.17) is 78.5 Å². The number of allylic oxidation sites excluding steroid dienone is 5. The number of rotatable bonds is 30. The minimum atomic E-state index is -2.43. The zero-order valence-electron chi connectivity index (χ0n) is 57.5. The number of carbonyl (C=O) groups is 4. The molecule has 22 nitrogen and oxygen atoms in total. The second kappa shape index (κ2) is 45.0. The van der Waals surface area contributed by atoms with Gasteiger partial charge in [-0.25, -0.2) is 4.79 Å². The van der Waals surface area contributed by atoms with Crippen molar-refractivity contribution < 1.29 is 95.7 Å². The summed E-state index contributed by atoms with van der Waals surface area (Å²) in [6.45, 7) is 22.6. The quantitative estimate of drug-likeness (QED) is 0.0205. The largest absolute Gasteiger partial charge is 0.465 e. The zero-order valence-corrected chi connectivity index (χ0v) is 58.3. The van der Waals surface area contributed by atoms with Gasteiger partial charge in [0.05, 0.1) is 110 Å². The molecule has 1 saturated carbocycles. The van der Waals surface area contributed by atoms with Crippen LogP contribution in [0.25, 0.3) is 0 Å². The van der Waals surface area contributed by atoms with Crippen molar-refractivity contribution in [2.75, 3.05) is 134 Å². The molecule has 2 bridgehead atoms. The number of aliphatic hydroxyl groups is 2. The fourth-order valence-electron chi connectivity index (χ4n) is 12.5. The molecule has 16 atom stereocenters. The predicted octanol–water partition coefficient (Wildman–Crippen LogP) is 7.66. The molecule has 0 spiro atoms. The van der Waals surface area contributed by atoms with Gasteiger partial charge >= 0.3 is 5.97 Å². The van der Waals surface area contributed by atoms with E-state index >= 15 is 0 Å². The standard InChI is InChI=1S/C69H116N2O20S/c1-13-82-29-30-84-33-34-86-37-38-88-40-39-87-36-35-85-32-31-83-28-26-70-68(92)90-57-25-23-54(44-61(57)80-11)43-50(5)60-46-59(79-10)49(4)42-52(7)63(73)64(81-12)62(72)51(6)41-47(2)19-15-14-16-20-48(3)58(78-9)45-55-24-22-53(8)69(77,91-55)65(74)66(75)71-27-18-17-21-56(71)67(76)89-60/h14-16,19-20,42,47,49-51,53-61,63-64,73,77H,13,17-18,21-41,43-46H2,1-12H3,(H,70,92)/b16-14+,19-15+,48-20+,52-42+/t47-,49-,50-,51-,53-,54+,55+,56+,57?,58+,59-,60+,61-,63-,64+,69-/m1/s1. The molecule has 0 aromatic rings. The molecule has 23 heteroatoms. The van der Waals surface area contributed by atoms with Crippen LogP contribution in [0.15, 0.2) is 47.6 Å². The molecule has 3 N–H and O–H groups in total. The Balaban J connectivity index is 1.40. The molecule has 1 aliphatic carbocycles. The first-order valence-electron chi connectivity index (χ1n) is 33.7. The van der Waals surface area contributed by atoms with E-state index in [1.165, 1.54) is 12.0 Å². The maximum absolute atomic E-state index is 14.9. The molecule has 4 aliphatic rings. The number of aliphatic hydroxyl groups excluding tert-OH is 1. The summed E-state index contributed by atoms with van der Waals surface area (Å²) in [6.07, 6.45) is 12.4. The van der Waals surface area contributed by atoms with Gasteiger partial charge in [0.25, 0.3) is 16.9 Å². The lowest BCUT2D eigenvalue weighted by molar-refractivity contribution is -0.265. The first-order valence-corrected chi connectivity index (χ1v) is 34.1. The molecule has 1 unspecified atom stereocenters. The summed E-state index contributed by atoms with van der Waals surface area (Å²) < 4.78 is 81.5. The number of methoxy groups -OCH3 is 4. The Morgan fingerprint density at radius 1 is 0.696 bits per heavy atom. The molecular formula is C69H116N2O20S. The first-order chi connectivity index (χ1) is 44.2. The van der Waals surface area contributed by atoms with Crippen LogP contribution in [0.2, 0.25) is 0 Å². The second-order valence-corrected chi connectivity index (χ2v) is 25.5. The molecule has 3 fully saturated rings. The topological polar surface area (TPSA) is 253 Å². The van der Waals surface area contributed by atoms with Crippen molar-refractivity contribution in [2.45, 2.75) is 193 Å². The average Bonchev–Trinajstić information content (AvgIpc) is 0.793. The number of esters is 1. The number of amides is 1. The normalized spacial score (nSPS) is 32.7. The van der Waals surface area contributed by atoms with Crippen LogP contribution >= 0.6 is 12.2 Å². The predicted molar refractivity (Wildman–Crippen MR) is 352 cm³/mol. The minimum Gasteiger partial charge on any atom is -0.465 e. The van der Waals surface area contributed by atoms with E-state index in [0.29, 0.717) is 162 Å². The highest BCUT2D eigenvalue weighted by molar-refractivity contribution is 7.80. The highest BCUT2D eigenvalue weighted by Crippen LogP contribution is 2.38. The number of Topliss-reactive ketones (excluding diaryl/α,β-unsaturated/α-hetero) is 2. The summed E-state index contributed by atoms with van der Waals surface area (Å²) >= 11 is 5.61. The van der Waals surface area contributed by atoms with Gasteiger partial charge < -0.3 is 86.7 Å². The van der Waals surface area contributed by atoms with E-state index < -0.39 is 77.9 Å². The number of hydrogen-bond donors (Lipinski definition) is 3. The van der Waals surface area contributed by atoms with Gasteiger partial charge in [-0.15, -0.1) is 0 Å². The Morgan fingerprint density at radius 2 is 1.30 bits per heavy atom. The van der Waals surface area contributed by atoms with Gasteiger partial charge in [0.15, 0.2) is 5.78 Å². The maximum atomic E-state index is 14.9. The Morgan fingerprint density at radius 3 is 1.89 bits per heavy atom. The highest BCUT2D eigenvalue weighted by atomic mass is 32.1. The van der Waals surface area contributed by atoms with E-state index in [2.05, 4.69) is 5.32 Å². The fourth-order valence-corrected chi connectivity index (χ4v) is 12.8. The van der Waals surface area contributed by atoms with Crippen LogP contribution in [0.5, 0.6) is 0 Å². The van der Waals surface area contributed by atoms with Crippen LogP contribution in [-0.4, -0.2) is 238 Å². The van der Waals surface area contributed by atoms with Crippen LogP contribution in [0, 0.1) is 35.5 Å². The molecule has 3 aliphatic heterocycles. The number of piperidine rings is 1. The van der Waals surface area contributed by atoms with E-state index in [9.17, 15) is 29.4 Å². The molecule has 0 aromatic carbocycles. The summed E-state index contributed by atoms with van der Waals surface area (Å²) in [6, 6.07) is -1.11. The molecule has 1 amide bonds. The Hall–Kier alpha value is -3.63. The van der Waals surface area contributed by atoms with Crippen molar-refractivity contribution in [1.82, 2.24) is 10.2 Å². The number of hydrogen-bond acceptors (Lipinski definition) is 21. The van der Waals surface area contributed by atoms with Crippen LogP contribution in [0.3, 0.4) is 0 Å². The fraction of sp³-hybridized carbons (Fsp3) is 0.812. The first kappa shape index (κ1) is 80.8. The van der Waals surface area contributed by atoms with Crippen molar-refractivity contribution in [1.29, 1.82) is 0 Å². The van der Waals surface area contributed by atoms with Crippen molar-refractivity contribution >= 4 is 40.8 Å². The van der Waals surface area contributed by atoms with E-state index in [1.54, 1.807) is 35.2 Å². The summed E-state index contributed by atoms with van der Waals surface area (Å²) in [7, 11) is 6.26. The second-order valence-electron chi connectivity index (χ2n) is 25.2. The Kier molecular flexibility index (Phi) is 39.5. The molecule has 528 valence electrons. The van der Waals surface area contributed by atoms with Crippen LogP contribution in [0.4, 0.5) is 0 Å². The maximum Gasteiger partial charge on any atom is 0.329 e. The average molecular weight is 1330 g/mol. The molecule has 0 aromatic heterocycles. The third-order valence-corrected chi connectivity index (χ3v) is 18.4. The van der Waals surface area contributed by atoms with Crippen LogP contribution < -0.4 is 5.32 Å². The molecule has 92 heavy (non-hydrogen) atoms. The summed E-state index contributed by atoms with van der Waals surface area (Å²) in [5.41, 5.74) is 1.41. The third-order valence-electron chi connectivity index (χ3n) is 18.1. The monoisotopic (exact) mass is 1320 g/mol. The van der Waals surface area contributed by atoms with Gasteiger partial charge in [-0.3, -0.25) is 14.4 Å². The van der Waals surface area contributed by atoms with Gasteiger partial charge in [0.1, 0.15) is 30.5 Å². The summed E-state index contributed by atoms with van der Waals surface area (Å²) in [4.78, 5) is 59.1. The van der Waals surface area contributed by atoms with Gasteiger partial charge in [0.2, 0.25) is 5.79 Å². The minimum absolute atomic E-state index is 0.0266. The third kappa shape index (κ3) is 27.8. The van der Waals surface area contributed by atoms with E-state index in [-0.39, 0.29) is 66.2 Å². The Bertz CT molecular complexity index is 2270. The van der Waals surface area contributed by atoms with Gasteiger partial charge in [-0.05, 0) is 126 Å².